The van der Waals surface area contributed by atoms with Crippen molar-refractivity contribution in [2.24, 2.45) is 0 Å². The highest BCUT2D eigenvalue weighted by atomic mass is 35.5. The lowest BCUT2D eigenvalue weighted by Gasteiger charge is -2.44. The van der Waals surface area contributed by atoms with E-state index in [0.29, 0.717) is 42.6 Å². The number of halogens is 2. The minimum atomic E-state index is -0.891. The molecular weight excluding hydrogens is 463 g/mol. The second-order valence-electron chi connectivity index (χ2n) is 8.53. The highest BCUT2D eigenvalue weighted by molar-refractivity contribution is 6.30. The van der Waals surface area contributed by atoms with Crippen molar-refractivity contribution in [2.75, 3.05) is 26.3 Å². The zero-order valence-corrected chi connectivity index (χ0v) is 20.1. The van der Waals surface area contributed by atoms with Crippen molar-refractivity contribution in [2.45, 2.75) is 45.3 Å². The van der Waals surface area contributed by atoms with Gasteiger partial charge in [0.1, 0.15) is 5.82 Å². The van der Waals surface area contributed by atoms with E-state index in [9.17, 15) is 14.0 Å². The summed E-state index contributed by atoms with van der Waals surface area (Å²) in [5.41, 5.74) is 1.03. The quantitative estimate of drug-likeness (QED) is 0.500. The number of amides is 1. The molecule has 2 aromatic carbocycles. The number of aliphatic carboxylic acids is 1. The van der Waals surface area contributed by atoms with E-state index < -0.39 is 5.97 Å². The van der Waals surface area contributed by atoms with E-state index in [1.165, 1.54) is 12.1 Å². The molecule has 1 fully saturated rings. The van der Waals surface area contributed by atoms with Crippen LogP contribution in [0, 0.1) is 5.82 Å². The van der Waals surface area contributed by atoms with Crippen LogP contribution in [-0.4, -0.2) is 65.2 Å². The highest BCUT2D eigenvalue weighted by Gasteiger charge is 2.32. The fourth-order valence-corrected chi connectivity index (χ4v) is 4.09. The summed E-state index contributed by atoms with van der Waals surface area (Å²) in [6.45, 7) is 6.06. The number of ether oxygens (including phenoxy) is 2. The third-order valence-electron chi connectivity index (χ3n) is 5.78. The molecule has 0 radical (unpaired) electrons. The van der Waals surface area contributed by atoms with Gasteiger partial charge >= 0.3 is 5.97 Å². The molecule has 184 valence electrons. The number of carboxylic acids is 1. The Labute approximate surface area is 204 Å². The SMILES string of the molecule is CC1CN(C(=O)COc2ccc(Cl)cc2OCCCC(=O)O)C(C)CN1Cc1ccc(F)cc1. The van der Waals surface area contributed by atoms with Crippen molar-refractivity contribution >= 4 is 23.5 Å². The topological polar surface area (TPSA) is 79.3 Å². The van der Waals surface area contributed by atoms with Gasteiger partial charge in [-0.3, -0.25) is 14.5 Å². The van der Waals surface area contributed by atoms with Gasteiger partial charge in [0.05, 0.1) is 6.61 Å². The first-order valence-electron chi connectivity index (χ1n) is 11.3. The molecule has 7 nitrogen and oxygen atoms in total. The largest absolute Gasteiger partial charge is 0.490 e. The molecule has 1 aliphatic rings. The molecule has 0 saturated carbocycles. The van der Waals surface area contributed by atoms with Gasteiger partial charge in [0.25, 0.3) is 5.91 Å². The van der Waals surface area contributed by atoms with E-state index in [4.69, 9.17) is 26.2 Å². The first kappa shape index (κ1) is 25.8. The maximum atomic E-state index is 13.2. The Bertz CT molecular complexity index is 988. The molecule has 34 heavy (non-hydrogen) atoms. The third kappa shape index (κ3) is 7.33. The van der Waals surface area contributed by atoms with Crippen LogP contribution < -0.4 is 9.47 Å². The summed E-state index contributed by atoms with van der Waals surface area (Å²) in [7, 11) is 0. The normalized spacial score (nSPS) is 18.5. The number of hydrogen-bond acceptors (Lipinski definition) is 5. The van der Waals surface area contributed by atoms with Gasteiger partial charge in [-0.05, 0) is 50.1 Å². The van der Waals surface area contributed by atoms with Crippen molar-refractivity contribution < 1.29 is 28.6 Å². The van der Waals surface area contributed by atoms with Gasteiger partial charge < -0.3 is 19.5 Å². The fourth-order valence-electron chi connectivity index (χ4n) is 3.93. The molecule has 0 aromatic heterocycles. The smallest absolute Gasteiger partial charge is 0.303 e. The Morgan fingerprint density at radius 1 is 1.06 bits per heavy atom. The summed E-state index contributed by atoms with van der Waals surface area (Å²) in [6, 6.07) is 11.5. The molecule has 0 bridgehead atoms. The van der Waals surface area contributed by atoms with Crippen LogP contribution in [0.3, 0.4) is 0 Å². The van der Waals surface area contributed by atoms with Crippen molar-refractivity contribution in [1.29, 1.82) is 0 Å². The van der Waals surface area contributed by atoms with Gasteiger partial charge in [0.2, 0.25) is 0 Å². The Kier molecular flexibility index (Phi) is 9.12. The van der Waals surface area contributed by atoms with E-state index in [0.717, 1.165) is 5.56 Å². The van der Waals surface area contributed by atoms with E-state index in [1.807, 2.05) is 11.8 Å². The number of piperazine rings is 1. The van der Waals surface area contributed by atoms with Gasteiger partial charge in [-0.25, -0.2) is 4.39 Å². The van der Waals surface area contributed by atoms with Gasteiger partial charge in [0, 0.05) is 49.2 Å². The second kappa shape index (κ2) is 12.0. The molecule has 1 saturated heterocycles. The minimum Gasteiger partial charge on any atom is -0.490 e. The van der Waals surface area contributed by atoms with Crippen LogP contribution in [-0.2, 0) is 16.1 Å². The molecule has 2 atom stereocenters. The van der Waals surface area contributed by atoms with E-state index in [2.05, 4.69) is 11.8 Å². The number of carboxylic acid groups (broad SMARTS) is 1. The summed E-state index contributed by atoms with van der Waals surface area (Å²) in [4.78, 5) is 27.7. The summed E-state index contributed by atoms with van der Waals surface area (Å²) in [5, 5.41) is 9.21. The molecule has 0 aliphatic carbocycles. The Hall–Kier alpha value is -2.84. The molecule has 3 rings (SSSR count). The average Bonchev–Trinajstić information content (AvgIpc) is 2.79. The monoisotopic (exact) mass is 492 g/mol. The first-order valence-corrected chi connectivity index (χ1v) is 11.7. The van der Waals surface area contributed by atoms with Crippen LogP contribution in [0.2, 0.25) is 5.02 Å². The third-order valence-corrected chi connectivity index (χ3v) is 6.02. The molecule has 1 N–H and O–H groups in total. The molecule has 2 aromatic rings. The summed E-state index contributed by atoms with van der Waals surface area (Å²) in [5.74, 6) is -0.527. The van der Waals surface area contributed by atoms with Crippen molar-refractivity contribution in [3.63, 3.8) is 0 Å². The summed E-state index contributed by atoms with van der Waals surface area (Å²) in [6.07, 6.45) is 0.344. The maximum absolute atomic E-state index is 13.2. The highest BCUT2D eigenvalue weighted by Crippen LogP contribution is 2.31. The second-order valence-corrected chi connectivity index (χ2v) is 8.96. The molecule has 2 unspecified atom stereocenters. The lowest BCUT2D eigenvalue weighted by atomic mass is 10.1. The summed E-state index contributed by atoms with van der Waals surface area (Å²) >= 11 is 6.05. The van der Waals surface area contributed by atoms with Crippen molar-refractivity contribution in [1.82, 2.24) is 9.80 Å². The van der Waals surface area contributed by atoms with Crippen molar-refractivity contribution in [3.8, 4) is 11.5 Å². The van der Waals surface area contributed by atoms with Gasteiger partial charge in [-0.15, -0.1) is 0 Å². The Morgan fingerprint density at radius 2 is 1.79 bits per heavy atom. The van der Waals surface area contributed by atoms with Crippen LogP contribution >= 0.6 is 11.6 Å². The number of rotatable bonds is 10. The van der Waals surface area contributed by atoms with E-state index in [1.54, 1.807) is 30.3 Å². The lowest BCUT2D eigenvalue weighted by Crippen LogP contribution is -2.58. The van der Waals surface area contributed by atoms with Crippen molar-refractivity contribution in [3.05, 3.63) is 58.9 Å². The zero-order chi connectivity index (χ0) is 24.7. The standard InChI is InChI=1S/C25H30ClFN2O5/c1-17-14-29(18(2)13-28(17)15-19-5-8-21(27)9-6-19)24(30)16-34-22-10-7-20(26)12-23(22)33-11-3-4-25(31)32/h5-10,12,17-18H,3-4,11,13-16H2,1-2H3,(H,31,32). The number of carbonyl (C=O) groups excluding carboxylic acids is 1. The lowest BCUT2D eigenvalue weighted by molar-refractivity contribution is -0.139. The molecule has 9 heteroatoms. The fraction of sp³-hybridized carbons (Fsp3) is 0.440. The van der Waals surface area contributed by atoms with Gasteiger partial charge in [0.15, 0.2) is 18.1 Å². The molecule has 1 amide bonds. The molecule has 1 heterocycles. The average molecular weight is 493 g/mol. The predicted octanol–water partition coefficient (Wildman–Crippen LogP) is 4.22. The molecular formula is C25H30ClFN2O5. The van der Waals surface area contributed by atoms with E-state index in [-0.39, 0.29) is 43.4 Å². The van der Waals surface area contributed by atoms with Crippen LogP contribution in [0.1, 0.15) is 32.3 Å². The number of nitrogens with zero attached hydrogens (tertiary/aromatic N) is 2. The Morgan fingerprint density at radius 3 is 2.50 bits per heavy atom. The van der Waals surface area contributed by atoms with Crippen LogP contribution in [0.25, 0.3) is 0 Å². The maximum Gasteiger partial charge on any atom is 0.303 e. The first-order chi connectivity index (χ1) is 16.2. The van der Waals surface area contributed by atoms with Crippen LogP contribution in [0.15, 0.2) is 42.5 Å². The van der Waals surface area contributed by atoms with Gasteiger partial charge in [-0.2, -0.15) is 0 Å². The predicted molar refractivity (Wildman–Crippen MR) is 127 cm³/mol. The minimum absolute atomic E-state index is 0.00154. The zero-order valence-electron chi connectivity index (χ0n) is 19.4. The number of carbonyl (C=O) groups is 2. The number of hydrogen-bond donors (Lipinski definition) is 1. The number of benzene rings is 2. The van der Waals surface area contributed by atoms with Crippen LogP contribution in [0.4, 0.5) is 4.39 Å². The van der Waals surface area contributed by atoms with Crippen LogP contribution in [0.5, 0.6) is 11.5 Å². The summed E-state index contributed by atoms with van der Waals surface area (Å²) < 4.78 is 24.6. The van der Waals surface area contributed by atoms with Gasteiger partial charge in [-0.1, -0.05) is 23.7 Å². The Balaban J connectivity index is 1.54. The molecule has 1 aliphatic heterocycles. The molecule has 0 spiro atoms. The van der Waals surface area contributed by atoms with E-state index >= 15 is 0 Å².